The molecular weight excluding hydrogens is 488 g/mol. The third-order valence-electron chi connectivity index (χ3n) is 8.29. The summed E-state index contributed by atoms with van der Waals surface area (Å²) in [6, 6.07) is 14.7. The number of carbonyl (C=O) groups is 1. The Bertz CT molecular complexity index is 1050. The molecule has 4 aliphatic carbocycles. The Labute approximate surface area is 212 Å². The van der Waals surface area contributed by atoms with Gasteiger partial charge < -0.3 is 9.47 Å². The van der Waals surface area contributed by atoms with Gasteiger partial charge in [-0.1, -0.05) is 46.3 Å². The minimum atomic E-state index is -0.268. The second-order valence-corrected chi connectivity index (χ2v) is 11.5. The molecule has 4 saturated carbocycles. The van der Waals surface area contributed by atoms with Crippen LogP contribution in [0.4, 0.5) is 0 Å². The molecule has 0 amide bonds. The van der Waals surface area contributed by atoms with E-state index in [-0.39, 0.29) is 5.97 Å². The van der Waals surface area contributed by atoms with Crippen molar-refractivity contribution in [2.24, 2.45) is 17.8 Å². The summed E-state index contributed by atoms with van der Waals surface area (Å²) in [7, 11) is 1.81. The Morgan fingerprint density at radius 2 is 1.76 bits per heavy atom. The highest BCUT2D eigenvalue weighted by Gasteiger charge is 2.52. The van der Waals surface area contributed by atoms with Crippen LogP contribution in [0.1, 0.15) is 68.6 Å². The quantitative estimate of drug-likeness (QED) is 0.265. The first kappa shape index (κ1) is 23.7. The number of ether oxygens (including phenoxy) is 2. The molecule has 34 heavy (non-hydrogen) atoms. The summed E-state index contributed by atoms with van der Waals surface area (Å²) in [6.07, 6.45) is 12.0. The molecule has 4 heteroatoms. The summed E-state index contributed by atoms with van der Waals surface area (Å²) >= 11 is 3.51. The molecule has 4 aliphatic rings. The number of rotatable bonds is 8. The molecule has 3 nitrogen and oxygen atoms in total. The van der Waals surface area contributed by atoms with Gasteiger partial charge in [-0.2, -0.15) is 0 Å². The van der Waals surface area contributed by atoms with Crippen LogP contribution >= 0.6 is 15.9 Å². The summed E-state index contributed by atoms with van der Waals surface area (Å²) in [4.78, 5) is 12.6. The summed E-state index contributed by atoms with van der Waals surface area (Å²) in [5, 5.41) is 0. The fraction of sp³-hybridized carbons (Fsp3) is 0.500. The lowest BCUT2D eigenvalue weighted by Crippen LogP contribution is -2.48. The van der Waals surface area contributed by atoms with E-state index >= 15 is 0 Å². The minimum Gasteiger partial charge on any atom is -0.496 e. The number of halogens is 1. The topological polar surface area (TPSA) is 35.5 Å². The Morgan fingerprint density at radius 3 is 2.38 bits per heavy atom. The van der Waals surface area contributed by atoms with Crippen molar-refractivity contribution in [3.05, 3.63) is 69.7 Å². The van der Waals surface area contributed by atoms with Gasteiger partial charge in [-0.15, -0.1) is 0 Å². The Hall–Kier alpha value is -2.07. The lowest BCUT2D eigenvalue weighted by atomic mass is 9.48. The normalized spacial score (nSPS) is 27.6. The zero-order chi connectivity index (χ0) is 23.7. The number of hydrogen-bond acceptors (Lipinski definition) is 3. The highest BCUT2D eigenvalue weighted by Crippen LogP contribution is 2.61. The summed E-state index contributed by atoms with van der Waals surface area (Å²) in [5.74, 6) is 3.54. The van der Waals surface area contributed by atoms with Crippen LogP contribution in [0, 0.1) is 17.8 Å². The van der Waals surface area contributed by atoms with Crippen LogP contribution in [0.15, 0.2) is 53.0 Å². The zero-order valence-electron chi connectivity index (χ0n) is 20.3. The van der Waals surface area contributed by atoms with Gasteiger partial charge >= 0.3 is 5.97 Å². The van der Waals surface area contributed by atoms with Crippen molar-refractivity contribution in [1.82, 2.24) is 0 Å². The number of benzene rings is 2. The Kier molecular flexibility index (Phi) is 6.88. The summed E-state index contributed by atoms with van der Waals surface area (Å²) in [5.41, 5.74) is 4.52. The van der Waals surface area contributed by atoms with Crippen LogP contribution in [-0.2, 0) is 21.4 Å². The molecule has 4 fully saturated rings. The predicted octanol–water partition coefficient (Wildman–Crippen LogP) is 7.50. The lowest BCUT2D eigenvalue weighted by molar-refractivity contribution is -0.136. The van der Waals surface area contributed by atoms with Crippen molar-refractivity contribution >= 4 is 27.5 Å². The molecule has 0 radical (unpaired) electrons. The van der Waals surface area contributed by atoms with Crippen LogP contribution in [-0.4, -0.2) is 19.7 Å². The van der Waals surface area contributed by atoms with E-state index in [9.17, 15) is 4.79 Å². The number of aryl methyl sites for hydroxylation is 1. The number of methoxy groups -OCH3 is 1. The van der Waals surface area contributed by atoms with E-state index in [0.717, 1.165) is 46.4 Å². The molecule has 0 aromatic heterocycles. The van der Waals surface area contributed by atoms with Gasteiger partial charge in [0.2, 0.25) is 0 Å². The van der Waals surface area contributed by atoms with E-state index < -0.39 is 0 Å². The number of allylic oxidation sites excluding steroid dienone is 1. The van der Waals surface area contributed by atoms with Crippen LogP contribution in [0.2, 0.25) is 0 Å². The van der Waals surface area contributed by atoms with E-state index in [1.54, 1.807) is 0 Å². The van der Waals surface area contributed by atoms with Crippen molar-refractivity contribution in [1.29, 1.82) is 0 Å². The highest BCUT2D eigenvalue weighted by atomic mass is 79.9. The molecule has 2 aromatic rings. The van der Waals surface area contributed by atoms with Crippen LogP contribution in [0.25, 0.3) is 5.57 Å². The van der Waals surface area contributed by atoms with Gasteiger partial charge in [-0.05, 0) is 111 Å². The maximum absolute atomic E-state index is 12.6. The Balaban J connectivity index is 1.35. The van der Waals surface area contributed by atoms with Crippen molar-refractivity contribution in [2.75, 3.05) is 13.7 Å². The molecule has 0 N–H and O–H groups in total. The van der Waals surface area contributed by atoms with Gasteiger partial charge in [0.15, 0.2) is 0 Å². The van der Waals surface area contributed by atoms with E-state index in [2.05, 4.69) is 34.1 Å². The van der Waals surface area contributed by atoms with Gasteiger partial charge in [-0.25, -0.2) is 4.79 Å². The molecular formula is C30H35BrO3. The van der Waals surface area contributed by atoms with E-state index in [1.807, 2.05) is 44.4 Å². The van der Waals surface area contributed by atoms with Crippen molar-refractivity contribution in [3.8, 4) is 5.75 Å². The second kappa shape index (κ2) is 9.89. The summed E-state index contributed by atoms with van der Waals surface area (Å²) < 4.78 is 12.2. The standard InChI is InChI=1S/C30H35BrO3/c1-3-34-29(32)26(24-7-5-8-25(31)16-24)9-4-6-20-10-11-27(28(15-20)33-2)30-17-21-12-22(18-30)14-23(13-21)19-30/h5,7-11,15-16,21-23H,3-4,6,12-14,17-19H2,1-2H3/b26-9+. The number of esters is 1. The van der Waals surface area contributed by atoms with Crippen molar-refractivity contribution in [2.45, 2.75) is 63.7 Å². The molecule has 0 spiro atoms. The minimum absolute atomic E-state index is 0.268. The zero-order valence-corrected chi connectivity index (χ0v) is 21.9. The maximum atomic E-state index is 12.6. The third-order valence-corrected chi connectivity index (χ3v) is 8.78. The van der Waals surface area contributed by atoms with Crippen molar-refractivity contribution < 1.29 is 14.3 Å². The highest BCUT2D eigenvalue weighted by molar-refractivity contribution is 9.10. The average Bonchev–Trinajstić information content (AvgIpc) is 2.81. The maximum Gasteiger partial charge on any atom is 0.338 e. The molecule has 6 rings (SSSR count). The molecule has 0 atom stereocenters. The SMILES string of the molecule is CCOC(=O)/C(=C/CCc1ccc(C23CC4CC(CC(C4)C2)C3)c(OC)c1)c1cccc(Br)c1. The third kappa shape index (κ3) is 4.71. The summed E-state index contributed by atoms with van der Waals surface area (Å²) in [6.45, 7) is 2.21. The van der Waals surface area contributed by atoms with Crippen molar-refractivity contribution in [3.63, 3.8) is 0 Å². The van der Waals surface area contributed by atoms with Crippen LogP contribution in [0.3, 0.4) is 0 Å². The molecule has 0 heterocycles. The second-order valence-electron chi connectivity index (χ2n) is 10.6. The molecule has 0 aliphatic heterocycles. The van der Waals surface area contributed by atoms with E-state index in [0.29, 0.717) is 17.6 Å². The first-order valence-corrected chi connectivity index (χ1v) is 13.6. The molecule has 0 saturated heterocycles. The fourth-order valence-corrected chi connectivity index (χ4v) is 7.74. The van der Waals surface area contributed by atoms with E-state index in [4.69, 9.17) is 9.47 Å². The monoisotopic (exact) mass is 522 g/mol. The fourth-order valence-electron chi connectivity index (χ4n) is 7.34. The predicted molar refractivity (Wildman–Crippen MR) is 140 cm³/mol. The average molecular weight is 524 g/mol. The lowest BCUT2D eigenvalue weighted by Gasteiger charge is -2.57. The van der Waals surface area contributed by atoms with Gasteiger partial charge in [0.25, 0.3) is 0 Å². The van der Waals surface area contributed by atoms with Gasteiger partial charge in [0, 0.05) is 10.0 Å². The van der Waals surface area contributed by atoms with Gasteiger partial charge in [-0.3, -0.25) is 0 Å². The van der Waals surface area contributed by atoms with Gasteiger partial charge in [0.1, 0.15) is 5.75 Å². The van der Waals surface area contributed by atoms with E-state index in [1.165, 1.54) is 49.7 Å². The smallest absolute Gasteiger partial charge is 0.338 e. The van der Waals surface area contributed by atoms with Crippen LogP contribution in [0.5, 0.6) is 5.75 Å². The molecule has 4 bridgehead atoms. The number of hydrogen-bond donors (Lipinski definition) is 0. The molecule has 2 aromatic carbocycles. The van der Waals surface area contributed by atoms with Crippen LogP contribution < -0.4 is 4.74 Å². The number of carbonyl (C=O) groups excluding carboxylic acids is 1. The van der Waals surface area contributed by atoms with Gasteiger partial charge in [0.05, 0.1) is 19.3 Å². The first-order chi connectivity index (χ1) is 16.5. The Morgan fingerprint density at radius 1 is 1.06 bits per heavy atom. The largest absolute Gasteiger partial charge is 0.496 e. The first-order valence-electron chi connectivity index (χ1n) is 12.8. The molecule has 0 unspecified atom stereocenters. The molecule has 180 valence electrons.